The molecule has 0 amide bonds. The molecule has 3 heteroatoms. The van der Waals surface area contributed by atoms with Crippen molar-refractivity contribution >= 4 is 0 Å². The Morgan fingerprint density at radius 2 is 1.77 bits per heavy atom. The lowest BCUT2D eigenvalue weighted by Gasteiger charge is -2.21. The zero-order valence-corrected chi connectivity index (χ0v) is 8.03. The van der Waals surface area contributed by atoms with Crippen molar-refractivity contribution in [1.29, 1.82) is 0 Å². The van der Waals surface area contributed by atoms with Gasteiger partial charge in [-0.3, -0.25) is 0 Å². The quantitative estimate of drug-likeness (QED) is 0.655. The summed E-state index contributed by atoms with van der Waals surface area (Å²) in [5.41, 5.74) is -0.384. The Labute approximate surface area is 77.6 Å². The second kappa shape index (κ2) is 3.17. The maximum atomic E-state index is 9.36. The molecular weight excluding hydrogens is 168 g/mol. The molecule has 2 N–H and O–H groups in total. The molecule has 3 nitrogen and oxygen atoms in total. The summed E-state index contributed by atoms with van der Waals surface area (Å²) in [6, 6.07) is 4.20. The fraction of sp³-hybridized carbons (Fsp3) is 0.400. The van der Waals surface area contributed by atoms with Crippen LogP contribution >= 0.6 is 0 Å². The van der Waals surface area contributed by atoms with Gasteiger partial charge in [0.1, 0.15) is 11.4 Å². The van der Waals surface area contributed by atoms with E-state index >= 15 is 0 Å². The summed E-state index contributed by atoms with van der Waals surface area (Å²) in [7, 11) is 0. The van der Waals surface area contributed by atoms with Crippen molar-refractivity contribution in [3.63, 3.8) is 0 Å². The highest BCUT2D eigenvalue weighted by Gasteiger charge is 2.14. The van der Waals surface area contributed by atoms with Gasteiger partial charge in [-0.2, -0.15) is 0 Å². The van der Waals surface area contributed by atoms with Crippen LogP contribution in [0.1, 0.15) is 20.8 Å². The van der Waals surface area contributed by atoms with Crippen LogP contribution < -0.4 is 4.74 Å². The number of phenols is 2. The predicted octanol–water partition coefficient (Wildman–Crippen LogP) is 2.28. The molecule has 1 aromatic rings. The molecule has 0 unspecified atom stereocenters. The summed E-state index contributed by atoms with van der Waals surface area (Å²) in [4.78, 5) is 0. The smallest absolute Gasteiger partial charge is 0.165 e. The lowest BCUT2D eigenvalue weighted by Crippen LogP contribution is -2.22. The molecule has 0 aliphatic carbocycles. The first-order valence-corrected chi connectivity index (χ1v) is 4.09. The van der Waals surface area contributed by atoms with Gasteiger partial charge in [0, 0.05) is 6.07 Å². The van der Waals surface area contributed by atoms with Crippen molar-refractivity contribution in [2.75, 3.05) is 0 Å². The first kappa shape index (κ1) is 9.71. The summed E-state index contributed by atoms with van der Waals surface area (Å²) in [5, 5.41) is 18.5. The van der Waals surface area contributed by atoms with Gasteiger partial charge in [-0.15, -0.1) is 0 Å². The average molecular weight is 182 g/mol. The van der Waals surface area contributed by atoms with Crippen LogP contribution in [-0.2, 0) is 0 Å². The van der Waals surface area contributed by atoms with Gasteiger partial charge in [-0.25, -0.2) is 0 Å². The number of benzene rings is 1. The van der Waals surface area contributed by atoms with Crippen LogP contribution in [0, 0.1) is 0 Å². The average Bonchev–Trinajstić information content (AvgIpc) is 1.94. The number of rotatable bonds is 1. The highest BCUT2D eigenvalue weighted by Crippen LogP contribution is 2.32. The summed E-state index contributed by atoms with van der Waals surface area (Å²) in [6.07, 6.45) is 0. The van der Waals surface area contributed by atoms with Crippen molar-refractivity contribution in [2.45, 2.75) is 26.4 Å². The van der Waals surface area contributed by atoms with E-state index in [-0.39, 0.29) is 17.1 Å². The summed E-state index contributed by atoms with van der Waals surface area (Å²) < 4.78 is 5.40. The molecule has 0 aromatic heterocycles. The molecule has 0 spiro atoms. The highest BCUT2D eigenvalue weighted by molar-refractivity contribution is 5.44. The predicted molar refractivity (Wildman–Crippen MR) is 50.2 cm³/mol. The molecule has 0 radical (unpaired) electrons. The zero-order valence-electron chi connectivity index (χ0n) is 8.03. The molecule has 0 saturated carbocycles. The van der Waals surface area contributed by atoms with E-state index in [0.717, 1.165) is 0 Å². The van der Waals surface area contributed by atoms with Gasteiger partial charge in [-0.05, 0) is 32.9 Å². The van der Waals surface area contributed by atoms with Crippen molar-refractivity contribution in [3.05, 3.63) is 18.2 Å². The van der Waals surface area contributed by atoms with Gasteiger partial charge in [0.05, 0.1) is 0 Å². The van der Waals surface area contributed by atoms with Crippen molar-refractivity contribution in [1.82, 2.24) is 0 Å². The van der Waals surface area contributed by atoms with Crippen LogP contribution in [0.25, 0.3) is 0 Å². The van der Waals surface area contributed by atoms with Crippen LogP contribution in [0.4, 0.5) is 0 Å². The molecule has 0 saturated heterocycles. The fourth-order valence-electron chi connectivity index (χ4n) is 0.914. The Balaban J connectivity index is 2.94. The van der Waals surface area contributed by atoms with Crippen molar-refractivity contribution < 1.29 is 14.9 Å². The van der Waals surface area contributed by atoms with Gasteiger partial charge in [0.15, 0.2) is 11.5 Å². The topological polar surface area (TPSA) is 49.7 Å². The van der Waals surface area contributed by atoms with Crippen LogP contribution in [0.5, 0.6) is 17.2 Å². The van der Waals surface area contributed by atoms with Gasteiger partial charge < -0.3 is 14.9 Å². The third kappa shape index (κ3) is 2.86. The molecule has 1 aromatic carbocycles. The Bertz CT molecular complexity index is 300. The monoisotopic (exact) mass is 182 g/mol. The van der Waals surface area contributed by atoms with E-state index in [0.29, 0.717) is 5.75 Å². The fourth-order valence-corrected chi connectivity index (χ4v) is 0.914. The Morgan fingerprint density at radius 3 is 2.31 bits per heavy atom. The van der Waals surface area contributed by atoms with Crippen LogP contribution in [0.15, 0.2) is 18.2 Å². The molecule has 0 heterocycles. The highest BCUT2D eigenvalue weighted by atomic mass is 16.5. The number of aromatic hydroxyl groups is 2. The van der Waals surface area contributed by atoms with E-state index in [9.17, 15) is 5.11 Å². The van der Waals surface area contributed by atoms with Gasteiger partial charge in [0.25, 0.3) is 0 Å². The molecule has 0 fully saturated rings. The molecule has 0 atom stereocenters. The first-order valence-electron chi connectivity index (χ1n) is 4.09. The van der Waals surface area contributed by atoms with E-state index in [1.807, 2.05) is 20.8 Å². The molecule has 0 aliphatic rings. The molecule has 72 valence electrons. The standard InChI is InChI=1S/C10H14O3/c1-10(2,3)13-9-6-7(11)4-5-8(9)12/h4-6,11-12H,1-3H3. The zero-order chi connectivity index (χ0) is 10.1. The van der Waals surface area contributed by atoms with E-state index < -0.39 is 0 Å². The minimum atomic E-state index is -0.384. The largest absolute Gasteiger partial charge is 0.508 e. The van der Waals surface area contributed by atoms with Crippen LogP contribution in [0.2, 0.25) is 0 Å². The minimum absolute atomic E-state index is 0.0349. The number of ether oxygens (including phenoxy) is 1. The molecule has 13 heavy (non-hydrogen) atoms. The summed E-state index contributed by atoms with van der Waals surface area (Å²) in [5.74, 6) is 0.414. The minimum Gasteiger partial charge on any atom is -0.508 e. The van der Waals surface area contributed by atoms with Crippen molar-refractivity contribution in [3.8, 4) is 17.2 Å². The summed E-state index contributed by atoms with van der Waals surface area (Å²) in [6.45, 7) is 5.61. The van der Waals surface area contributed by atoms with Crippen LogP contribution in [0.3, 0.4) is 0 Å². The number of hydrogen-bond acceptors (Lipinski definition) is 3. The molecule has 0 aliphatic heterocycles. The third-order valence-electron chi connectivity index (χ3n) is 1.36. The van der Waals surface area contributed by atoms with E-state index in [4.69, 9.17) is 9.84 Å². The van der Waals surface area contributed by atoms with Gasteiger partial charge in [0.2, 0.25) is 0 Å². The normalized spacial score (nSPS) is 11.3. The maximum Gasteiger partial charge on any atom is 0.165 e. The lowest BCUT2D eigenvalue weighted by molar-refractivity contribution is 0.125. The Morgan fingerprint density at radius 1 is 1.15 bits per heavy atom. The Kier molecular flexibility index (Phi) is 2.36. The molecular formula is C10H14O3. The van der Waals surface area contributed by atoms with E-state index in [1.54, 1.807) is 0 Å². The lowest BCUT2D eigenvalue weighted by atomic mass is 10.2. The third-order valence-corrected chi connectivity index (χ3v) is 1.36. The number of hydrogen-bond donors (Lipinski definition) is 2. The van der Waals surface area contributed by atoms with E-state index in [1.165, 1.54) is 18.2 Å². The number of phenolic OH excluding ortho intramolecular Hbond substituents is 2. The van der Waals surface area contributed by atoms with Gasteiger partial charge in [-0.1, -0.05) is 0 Å². The maximum absolute atomic E-state index is 9.36. The van der Waals surface area contributed by atoms with Gasteiger partial charge >= 0.3 is 0 Å². The molecule has 0 bridgehead atoms. The van der Waals surface area contributed by atoms with E-state index in [2.05, 4.69) is 0 Å². The Hall–Kier alpha value is -1.38. The second-order valence-electron chi connectivity index (χ2n) is 3.87. The van der Waals surface area contributed by atoms with Crippen LogP contribution in [-0.4, -0.2) is 15.8 Å². The SMILES string of the molecule is CC(C)(C)Oc1cc(O)ccc1O. The van der Waals surface area contributed by atoms with Crippen molar-refractivity contribution in [2.24, 2.45) is 0 Å². The second-order valence-corrected chi connectivity index (χ2v) is 3.87. The molecule has 1 rings (SSSR count). The first-order chi connectivity index (χ1) is 5.88. The summed E-state index contributed by atoms with van der Waals surface area (Å²) >= 11 is 0.